The number of amides is 1. The molecule has 0 spiro atoms. The number of nitrogens with zero attached hydrogens (tertiary/aromatic N) is 4. The first-order valence-electron chi connectivity index (χ1n) is 8.91. The monoisotopic (exact) mass is 338 g/mol. The van der Waals surface area contributed by atoms with Crippen LogP contribution in [0.4, 0.5) is 0 Å². The number of hydrogen-bond acceptors (Lipinski definition) is 3. The number of carbonyl (C=O) groups is 1. The average Bonchev–Trinajstić information content (AvgIpc) is 3.10. The Labute approximate surface area is 149 Å². The van der Waals surface area contributed by atoms with Crippen LogP contribution in [0.2, 0.25) is 0 Å². The summed E-state index contributed by atoms with van der Waals surface area (Å²) in [5.41, 5.74) is 1.94. The van der Waals surface area contributed by atoms with Gasteiger partial charge in [-0.15, -0.1) is 0 Å². The van der Waals surface area contributed by atoms with E-state index < -0.39 is 0 Å². The van der Waals surface area contributed by atoms with Crippen molar-refractivity contribution in [1.82, 2.24) is 19.6 Å². The maximum Gasteiger partial charge on any atom is 0.246 e. The van der Waals surface area contributed by atoms with E-state index in [2.05, 4.69) is 23.8 Å². The highest BCUT2D eigenvalue weighted by molar-refractivity contribution is 5.91. The molecule has 0 radical (unpaired) electrons. The zero-order valence-electron chi connectivity index (χ0n) is 15.0. The Morgan fingerprint density at radius 3 is 2.56 bits per heavy atom. The van der Waals surface area contributed by atoms with Crippen LogP contribution in [0.25, 0.3) is 11.8 Å². The van der Waals surface area contributed by atoms with Gasteiger partial charge in [-0.3, -0.25) is 9.69 Å². The number of benzene rings is 1. The Morgan fingerprint density at radius 2 is 1.88 bits per heavy atom. The number of piperazine rings is 1. The largest absolute Gasteiger partial charge is 0.337 e. The fraction of sp³-hybridized carbons (Fsp3) is 0.400. The van der Waals surface area contributed by atoms with Crippen LogP contribution < -0.4 is 0 Å². The van der Waals surface area contributed by atoms with E-state index in [1.165, 1.54) is 0 Å². The first kappa shape index (κ1) is 17.4. The fourth-order valence-electron chi connectivity index (χ4n) is 3.08. The summed E-state index contributed by atoms with van der Waals surface area (Å²) in [6.45, 7) is 9.11. The van der Waals surface area contributed by atoms with Crippen molar-refractivity contribution in [1.29, 1.82) is 0 Å². The third kappa shape index (κ3) is 4.79. The van der Waals surface area contributed by atoms with Crippen molar-refractivity contribution in [3.63, 3.8) is 0 Å². The minimum Gasteiger partial charge on any atom is -0.337 e. The second-order valence-corrected chi connectivity index (χ2v) is 6.91. The van der Waals surface area contributed by atoms with Gasteiger partial charge in [0, 0.05) is 50.6 Å². The van der Waals surface area contributed by atoms with Gasteiger partial charge in [-0.25, -0.2) is 4.68 Å². The number of hydrogen-bond donors (Lipinski definition) is 0. The molecule has 25 heavy (non-hydrogen) atoms. The average molecular weight is 338 g/mol. The molecule has 0 aliphatic carbocycles. The Balaban J connectivity index is 1.54. The standard InChI is InChI=1S/C20H26N4O/c1-17(2)15-22-10-12-23(13-11-22)20(25)9-8-18-14-21-24(16-18)19-6-4-3-5-7-19/h3-9,14,16-17H,10-13,15H2,1-2H3/b9-8+. The van der Waals surface area contributed by atoms with Crippen LogP contribution >= 0.6 is 0 Å². The van der Waals surface area contributed by atoms with Crippen LogP contribution in [0.15, 0.2) is 48.8 Å². The van der Waals surface area contributed by atoms with Crippen LogP contribution in [0, 0.1) is 5.92 Å². The van der Waals surface area contributed by atoms with Gasteiger partial charge in [0.2, 0.25) is 5.91 Å². The minimum absolute atomic E-state index is 0.0802. The molecule has 132 valence electrons. The first-order valence-corrected chi connectivity index (χ1v) is 8.91. The molecule has 1 aromatic heterocycles. The molecule has 0 unspecified atom stereocenters. The molecule has 2 heterocycles. The fourth-order valence-corrected chi connectivity index (χ4v) is 3.08. The highest BCUT2D eigenvalue weighted by Crippen LogP contribution is 2.10. The molecular formula is C20H26N4O. The maximum atomic E-state index is 12.4. The predicted molar refractivity (Wildman–Crippen MR) is 100 cm³/mol. The maximum absolute atomic E-state index is 12.4. The van der Waals surface area contributed by atoms with Crippen molar-refractivity contribution in [2.75, 3.05) is 32.7 Å². The molecule has 1 aromatic carbocycles. The smallest absolute Gasteiger partial charge is 0.246 e. The summed E-state index contributed by atoms with van der Waals surface area (Å²) in [5.74, 6) is 0.750. The van der Waals surface area contributed by atoms with Crippen molar-refractivity contribution in [2.24, 2.45) is 5.92 Å². The first-order chi connectivity index (χ1) is 12.1. The Bertz CT molecular complexity index is 712. The van der Waals surface area contributed by atoms with Crippen LogP contribution in [-0.4, -0.2) is 58.2 Å². The lowest BCUT2D eigenvalue weighted by molar-refractivity contribution is -0.127. The summed E-state index contributed by atoms with van der Waals surface area (Å²) in [6.07, 6.45) is 7.21. The molecule has 3 rings (SSSR count). The lowest BCUT2D eigenvalue weighted by Gasteiger charge is -2.35. The molecule has 1 saturated heterocycles. The van der Waals surface area contributed by atoms with Gasteiger partial charge in [-0.05, 0) is 24.1 Å². The van der Waals surface area contributed by atoms with Gasteiger partial charge in [0.05, 0.1) is 11.9 Å². The zero-order valence-corrected chi connectivity index (χ0v) is 15.0. The van der Waals surface area contributed by atoms with Gasteiger partial charge >= 0.3 is 0 Å². The van der Waals surface area contributed by atoms with Gasteiger partial charge in [0.1, 0.15) is 0 Å². The van der Waals surface area contributed by atoms with Crippen molar-refractivity contribution in [3.8, 4) is 5.69 Å². The molecule has 1 amide bonds. The van der Waals surface area contributed by atoms with Gasteiger partial charge in [0.15, 0.2) is 0 Å². The Kier molecular flexibility index (Phi) is 5.66. The number of aromatic nitrogens is 2. The highest BCUT2D eigenvalue weighted by Gasteiger charge is 2.19. The summed E-state index contributed by atoms with van der Waals surface area (Å²) in [4.78, 5) is 16.7. The topological polar surface area (TPSA) is 41.4 Å². The highest BCUT2D eigenvalue weighted by atomic mass is 16.2. The van der Waals surface area contributed by atoms with Crippen molar-refractivity contribution >= 4 is 12.0 Å². The lowest BCUT2D eigenvalue weighted by atomic mass is 10.2. The number of para-hydroxylation sites is 1. The molecule has 0 bridgehead atoms. The van der Waals surface area contributed by atoms with Crippen LogP contribution in [0.3, 0.4) is 0 Å². The van der Waals surface area contributed by atoms with E-state index in [9.17, 15) is 4.79 Å². The molecule has 2 aromatic rings. The third-order valence-electron chi connectivity index (χ3n) is 4.35. The summed E-state index contributed by atoms with van der Waals surface area (Å²) >= 11 is 0. The van der Waals surface area contributed by atoms with E-state index in [1.807, 2.05) is 52.2 Å². The minimum atomic E-state index is 0.0802. The summed E-state index contributed by atoms with van der Waals surface area (Å²) in [5, 5.41) is 4.35. The molecular weight excluding hydrogens is 312 g/mol. The second kappa shape index (κ2) is 8.12. The number of rotatable bonds is 5. The summed E-state index contributed by atoms with van der Waals surface area (Å²) < 4.78 is 1.81. The molecule has 0 N–H and O–H groups in total. The molecule has 1 aliphatic heterocycles. The summed E-state index contributed by atoms with van der Waals surface area (Å²) in [6, 6.07) is 9.95. The van der Waals surface area contributed by atoms with Gasteiger partial charge in [-0.1, -0.05) is 32.0 Å². The molecule has 0 atom stereocenters. The van der Waals surface area contributed by atoms with Crippen LogP contribution in [0.1, 0.15) is 19.4 Å². The van der Waals surface area contributed by atoms with Crippen molar-refractivity contribution in [2.45, 2.75) is 13.8 Å². The van der Waals surface area contributed by atoms with Gasteiger partial charge < -0.3 is 4.90 Å². The van der Waals surface area contributed by atoms with E-state index in [-0.39, 0.29) is 5.91 Å². The van der Waals surface area contributed by atoms with E-state index in [4.69, 9.17) is 0 Å². The number of carbonyl (C=O) groups excluding carboxylic acids is 1. The Morgan fingerprint density at radius 1 is 1.16 bits per heavy atom. The normalized spacial score (nSPS) is 16.0. The van der Waals surface area contributed by atoms with Gasteiger partial charge in [0.25, 0.3) is 0 Å². The summed E-state index contributed by atoms with van der Waals surface area (Å²) in [7, 11) is 0. The molecule has 1 aliphatic rings. The van der Waals surface area contributed by atoms with Crippen LogP contribution in [-0.2, 0) is 4.79 Å². The third-order valence-corrected chi connectivity index (χ3v) is 4.35. The molecule has 1 fully saturated rings. The van der Waals surface area contributed by atoms with Crippen LogP contribution in [0.5, 0.6) is 0 Å². The SMILES string of the molecule is CC(C)CN1CCN(C(=O)/C=C/c2cnn(-c3ccccc3)c2)CC1. The van der Waals surface area contributed by atoms with Crippen molar-refractivity contribution < 1.29 is 4.79 Å². The predicted octanol–water partition coefficient (Wildman–Crippen LogP) is 2.69. The Hall–Kier alpha value is -2.40. The lowest BCUT2D eigenvalue weighted by Crippen LogP contribution is -2.49. The van der Waals surface area contributed by atoms with E-state index in [1.54, 1.807) is 12.3 Å². The zero-order chi connectivity index (χ0) is 17.6. The molecule has 5 nitrogen and oxygen atoms in total. The molecule has 5 heteroatoms. The second-order valence-electron chi connectivity index (χ2n) is 6.91. The van der Waals surface area contributed by atoms with Crippen molar-refractivity contribution in [3.05, 3.63) is 54.4 Å². The van der Waals surface area contributed by atoms with E-state index >= 15 is 0 Å². The quantitative estimate of drug-likeness (QED) is 0.787. The molecule has 0 saturated carbocycles. The van der Waals surface area contributed by atoms with E-state index in [0.717, 1.165) is 44.0 Å². The van der Waals surface area contributed by atoms with Gasteiger partial charge in [-0.2, -0.15) is 5.10 Å². The van der Waals surface area contributed by atoms with E-state index in [0.29, 0.717) is 5.92 Å².